The van der Waals surface area contributed by atoms with Gasteiger partial charge >= 0.3 is 0 Å². The molecule has 1 aromatic rings. The minimum absolute atomic E-state index is 0.0778. The second kappa shape index (κ2) is 5.29. The van der Waals surface area contributed by atoms with Crippen LogP contribution in [0.25, 0.3) is 0 Å². The van der Waals surface area contributed by atoms with Crippen molar-refractivity contribution >= 4 is 15.9 Å². The molecule has 0 bridgehead atoms. The fraction of sp³-hybridized carbons (Fsp3) is 0.727. The summed E-state index contributed by atoms with van der Waals surface area (Å²) in [4.78, 5) is 0. The molecule has 0 radical (unpaired) electrons. The lowest BCUT2D eigenvalue weighted by atomic mass is 10.1. The zero-order chi connectivity index (χ0) is 11.5. The Morgan fingerprint density at radius 3 is 3.19 bits per heavy atom. The largest absolute Gasteiger partial charge is 0.376 e. The summed E-state index contributed by atoms with van der Waals surface area (Å²) in [5.74, 6) is 0. The number of rotatable bonds is 4. The Hall–Kier alpha value is -0.390. The molecule has 2 rings (SSSR count). The fourth-order valence-electron chi connectivity index (χ4n) is 2.16. The third kappa shape index (κ3) is 2.31. The van der Waals surface area contributed by atoms with Crippen molar-refractivity contribution in [2.75, 3.05) is 6.61 Å². The van der Waals surface area contributed by atoms with Crippen LogP contribution >= 0.6 is 15.9 Å². The number of aromatic nitrogens is 2. The molecule has 1 aromatic heterocycles. The average molecular weight is 288 g/mol. The highest BCUT2D eigenvalue weighted by Crippen LogP contribution is 2.29. The highest BCUT2D eigenvalue weighted by Gasteiger charge is 2.28. The van der Waals surface area contributed by atoms with Crippen LogP contribution in [-0.2, 0) is 11.3 Å². The quantitative estimate of drug-likeness (QED) is 0.924. The Balaban J connectivity index is 2.19. The maximum atomic E-state index is 6.26. The van der Waals surface area contributed by atoms with E-state index in [4.69, 9.17) is 10.5 Å². The van der Waals surface area contributed by atoms with Gasteiger partial charge in [0.2, 0.25) is 0 Å². The molecule has 2 atom stereocenters. The van der Waals surface area contributed by atoms with Crippen molar-refractivity contribution in [1.29, 1.82) is 0 Å². The summed E-state index contributed by atoms with van der Waals surface area (Å²) in [5, 5.41) is 4.33. The van der Waals surface area contributed by atoms with Crippen LogP contribution in [-0.4, -0.2) is 22.5 Å². The first-order valence-electron chi connectivity index (χ1n) is 5.82. The fourth-order valence-corrected chi connectivity index (χ4v) is 2.72. The Labute approximate surface area is 104 Å². The maximum absolute atomic E-state index is 6.26. The van der Waals surface area contributed by atoms with Gasteiger partial charge in [0.15, 0.2) is 0 Å². The van der Waals surface area contributed by atoms with Gasteiger partial charge in [0.25, 0.3) is 0 Å². The van der Waals surface area contributed by atoms with Gasteiger partial charge in [-0.1, -0.05) is 6.92 Å². The molecule has 2 unspecified atom stereocenters. The normalized spacial score (nSPS) is 22.6. The minimum Gasteiger partial charge on any atom is -0.376 e. The molecule has 4 nitrogen and oxygen atoms in total. The molecule has 1 aliphatic heterocycles. The molecule has 2 N–H and O–H groups in total. The number of halogens is 1. The van der Waals surface area contributed by atoms with Crippen LogP contribution < -0.4 is 5.73 Å². The molecule has 0 saturated carbocycles. The summed E-state index contributed by atoms with van der Waals surface area (Å²) in [6.07, 6.45) is 5.17. The predicted molar refractivity (Wildman–Crippen MR) is 66.1 cm³/mol. The Bertz CT molecular complexity index is 347. The zero-order valence-electron chi connectivity index (χ0n) is 9.53. The second-order valence-corrected chi connectivity index (χ2v) is 5.03. The summed E-state index contributed by atoms with van der Waals surface area (Å²) in [5.41, 5.74) is 7.32. The van der Waals surface area contributed by atoms with Gasteiger partial charge in [-0.25, -0.2) is 0 Å². The SMILES string of the molecule is CCCn1ncc(Br)c1C(N)C1CCCO1. The lowest BCUT2D eigenvalue weighted by Gasteiger charge is -2.20. The molecular weight excluding hydrogens is 270 g/mol. The van der Waals surface area contributed by atoms with Gasteiger partial charge in [-0.05, 0) is 35.2 Å². The smallest absolute Gasteiger partial charge is 0.0784 e. The van der Waals surface area contributed by atoms with E-state index in [0.717, 1.165) is 42.6 Å². The van der Waals surface area contributed by atoms with Crippen LogP contribution in [0, 0.1) is 0 Å². The number of hydrogen-bond acceptors (Lipinski definition) is 3. The highest BCUT2D eigenvalue weighted by molar-refractivity contribution is 9.10. The first-order chi connectivity index (χ1) is 7.74. The molecule has 1 aliphatic rings. The lowest BCUT2D eigenvalue weighted by molar-refractivity contribution is 0.0873. The Morgan fingerprint density at radius 1 is 1.75 bits per heavy atom. The van der Waals surface area contributed by atoms with E-state index in [1.807, 2.05) is 10.9 Å². The third-order valence-corrected chi connectivity index (χ3v) is 3.56. The number of aryl methyl sites for hydroxylation is 1. The van der Waals surface area contributed by atoms with Gasteiger partial charge < -0.3 is 10.5 Å². The van der Waals surface area contributed by atoms with Gasteiger partial charge in [0.1, 0.15) is 0 Å². The van der Waals surface area contributed by atoms with Crippen LogP contribution in [0.15, 0.2) is 10.7 Å². The first kappa shape index (κ1) is 12.1. The van der Waals surface area contributed by atoms with E-state index in [1.165, 1.54) is 0 Å². The van der Waals surface area contributed by atoms with E-state index >= 15 is 0 Å². The molecule has 90 valence electrons. The molecule has 0 aromatic carbocycles. The highest BCUT2D eigenvalue weighted by atomic mass is 79.9. The number of nitrogens with zero attached hydrogens (tertiary/aromatic N) is 2. The topological polar surface area (TPSA) is 53.1 Å². The van der Waals surface area contributed by atoms with E-state index in [2.05, 4.69) is 28.0 Å². The van der Waals surface area contributed by atoms with Crippen LogP contribution in [0.3, 0.4) is 0 Å². The first-order valence-corrected chi connectivity index (χ1v) is 6.61. The standard InChI is InChI=1S/C11H18BrN3O/c1-2-5-15-11(8(12)7-14-15)10(13)9-4-3-6-16-9/h7,9-10H,2-6,13H2,1H3. The zero-order valence-corrected chi connectivity index (χ0v) is 11.1. The van der Waals surface area contributed by atoms with E-state index in [-0.39, 0.29) is 12.1 Å². The van der Waals surface area contributed by atoms with Gasteiger partial charge in [-0.2, -0.15) is 5.10 Å². The van der Waals surface area contributed by atoms with Gasteiger partial charge in [0, 0.05) is 13.2 Å². The summed E-state index contributed by atoms with van der Waals surface area (Å²) >= 11 is 3.52. The van der Waals surface area contributed by atoms with E-state index in [0.29, 0.717) is 0 Å². The molecule has 0 amide bonds. The third-order valence-electron chi connectivity index (χ3n) is 2.95. The molecular formula is C11H18BrN3O. The van der Waals surface area contributed by atoms with Crippen LogP contribution in [0.2, 0.25) is 0 Å². The van der Waals surface area contributed by atoms with Crippen molar-refractivity contribution in [1.82, 2.24) is 9.78 Å². The van der Waals surface area contributed by atoms with E-state index < -0.39 is 0 Å². The van der Waals surface area contributed by atoms with Crippen molar-refractivity contribution in [2.45, 2.75) is 44.9 Å². The minimum atomic E-state index is -0.0778. The monoisotopic (exact) mass is 287 g/mol. The van der Waals surface area contributed by atoms with Crippen molar-refractivity contribution in [3.8, 4) is 0 Å². The summed E-state index contributed by atoms with van der Waals surface area (Å²) in [6, 6.07) is -0.0778. The average Bonchev–Trinajstić information content (AvgIpc) is 2.88. The summed E-state index contributed by atoms with van der Waals surface area (Å²) in [6.45, 7) is 3.87. The Morgan fingerprint density at radius 2 is 2.56 bits per heavy atom. The number of hydrogen-bond donors (Lipinski definition) is 1. The van der Waals surface area contributed by atoms with E-state index in [1.54, 1.807) is 0 Å². The summed E-state index contributed by atoms with van der Waals surface area (Å²) < 4.78 is 8.61. The van der Waals surface area contributed by atoms with Gasteiger partial charge in [-0.3, -0.25) is 4.68 Å². The van der Waals surface area contributed by atoms with Crippen molar-refractivity contribution in [3.63, 3.8) is 0 Å². The van der Waals surface area contributed by atoms with Crippen molar-refractivity contribution in [2.24, 2.45) is 5.73 Å². The summed E-state index contributed by atoms with van der Waals surface area (Å²) in [7, 11) is 0. The number of ether oxygens (including phenoxy) is 1. The molecule has 1 saturated heterocycles. The van der Waals surface area contributed by atoms with E-state index in [9.17, 15) is 0 Å². The lowest BCUT2D eigenvalue weighted by Crippen LogP contribution is -2.28. The number of nitrogens with two attached hydrogens (primary N) is 1. The molecule has 5 heteroatoms. The molecule has 1 fully saturated rings. The Kier molecular flexibility index (Phi) is 4.00. The van der Waals surface area contributed by atoms with Crippen LogP contribution in [0.4, 0.5) is 0 Å². The molecule has 0 spiro atoms. The maximum Gasteiger partial charge on any atom is 0.0784 e. The predicted octanol–water partition coefficient (Wildman–Crippen LogP) is 2.23. The molecule has 16 heavy (non-hydrogen) atoms. The molecule has 2 heterocycles. The van der Waals surface area contributed by atoms with Crippen LogP contribution in [0.1, 0.15) is 37.9 Å². The van der Waals surface area contributed by atoms with Crippen molar-refractivity contribution < 1.29 is 4.74 Å². The second-order valence-electron chi connectivity index (χ2n) is 4.18. The van der Waals surface area contributed by atoms with Gasteiger partial charge in [-0.15, -0.1) is 0 Å². The van der Waals surface area contributed by atoms with Gasteiger partial charge in [0.05, 0.1) is 28.5 Å². The van der Waals surface area contributed by atoms with Crippen molar-refractivity contribution in [3.05, 3.63) is 16.4 Å². The van der Waals surface area contributed by atoms with Crippen LogP contribution in [0.5, 0.6) is 0 Å². The molecule has 0 aliphatic carbocycles.